The van der Waals surface area contributed by atoms with Gasteiger partial charge in [0, 0.05) is 21.1 Å². The summed E-state index contributed by atoms with van der Waals surface area (Å²) in [6, 6.07) is 0. The molecule has 0 amide bonds. The maximum absolute atomic E-state index is 12.4. The summed E-state index contributed by atoms with van der Waals surface area (Å²) in [6.07, 6.45) is -4.95. The molecule has 122 valence electrons. The van der Waals surface area contributed by atoms with Crippen LogP contribution in [0.2, 0.25) is 0 Å². The quantitative estimate of drug-likeness (QED) is 0.721. The van der Waals surface area contributed by atoms with E-state index in [1.165, 1.54) is 14.1 Å². The van der Waals surface area contributed by atoms with Gasteiger partial charge in [-0.1, -0.05) is 0 Å². The van der Waals surface area contributed by atoms with Crippen molar-refractivity contribution in [3.63, 3.8) is 0 Å². The molecule has 0 bridgehead atoms. The zero-order chi connectivity index (χ0) is 17.0. The Labute approximate surface area is 121 Å². The lowest BCUT2D eigenvalue weighted by Gasteiger charge is -2.07. The molecule has 0 N–H and O–H groups in total. The first-order valence-electron chi connectivity index (χ1n) is 5.79. The van der Waals surface area contributed by atoms with Gasteiger partial charge in [-0.15, -0.1) is 0 Å². The van der Waals surface area contributed by atoms with Gasteiger partial charge in [-0.3, -0.25) is 13.9 Å². The molecule has 2 heterocycles. The van der Waals surface area contributed by atoms with Crippen molar-refractivity contribution in [3.05, 3.63) is 20.8 Å². The van der Waals surface area contributed by atoms with Crippen LogP contribution in [0.3, 0.4) is 0 Å². The predicted octanol–water partition coefficient (Wildman–Crippen LogP) is -0.693. The van der Waals surface area contributed by atoms with E-state index in [0.717, 1.165) is 16.2 Å². The van der Waals surface area contributed by atoms with Gasteiger partial charge in [0.15, 0.2) is 16.9 Å². The van der Waals surface area contributed by atoms with Crippen LogP contribution in [0.25, 0.3) is 11.2 Å². The molecule has 0 fully saturated rings. The van der Waals surface area contributed by atoms with E-state index in [9.17, 15) is 31.2 Å². The SMILES string of the molecule is Cn1c(=O)c2c(nc(S(=O)(=O)CC(F)(F)F)n2C)n(C)c1=O. The van der Waals surface area contributed by atoms with E-state index in [4.69, 9.17) is 0 Å². The fourth-order valence-corrected chi connectivity index (χ4v) is 3.35. The van der Waals surface area contributed by atoms with Crippen molar-refractivity contribution >= 4 is 21.0 Å². The molecule has 0 atom stereocenters. The molecule has 8 nitrogen and oxygen atoms in total. The number of imidazole rings is 1. The van der Waals surface area contributed by atoms with Crippen LogP contribution in [0, 0.1) is 0 Å². The largest absolute Gasteiger partial charge is 0.403 e. The number of hydrogen-bond donors (Lipinski definition) is 0. The third kappa shape index (κ3) is 2.42. The van der Waals surface area contributed by atoms with Crippen molar-refractivity contribution < 1.29 is 21.6 Å². The highest BCUT2D eigenvalue weighted by molar-refractivity contribution is 7.91. The number of fused-ring (bicyclic) bond motifs is 1. The number of hydrogen-bond acceptors (Lipinski definition) is 5. The number of aryl methyl sites for hydroxylation is 2. The number of sulfone groups is 1. The van der Waals surface area contributed by atoms with Crippen LogP contribution in [0.15, 0.2) is 14.7 Å². The highest BCUT2D eigenvalue weighted by Crippen LogP contribution is 2.23. The summed E-state index contributed by atoms with van der Waals surface area (Å²) in [4.78, 5) is 27.3. The Kier molecular flexibility index (Phi) is 3.47. The molecule has 0 aliphatic rings. The van der Waals surface area contributed by atoms with Crippen molar-refractivity contribution in [2.45, 2.75) is 11.3 Å². The first-order chi connectivity index (χ1) is 9.87. The van der Waals surface area contributed by atoms with Gasteiger partial charge in [0.05, 0.1) is 0 Å². The minimum absolute atomic E-state index is 0.273. The van der Waals surface area contributed by atoms with Crippen molar-refractivity contribution in [2.75, 3.05) is 5.75 Å². The van der Waals surface area contributed by atoms with Gasteiger partial charge in [-0.05, 0) is 0 Å². The van der Waals surface area contributed by atoms with E-state index in [2.05, 4.69) is 4.98 Å². The molecule has 22 heavy (non-hydrogen) atoms. The van der Waals surface area contributed by atoms with Crippen LogP contribution < -0.4 is 11.2 Å². The van der Waals surface area contributed by atoms with Gasteiger partial charge >= 0.3 is 11.9 Å². The minimum Gasteiger partial charge on any atom is -0.312 e. The second-order valence-corrected chi connectivity index (χ2v) is 6.59. The molecule has 2 rings (SSSR count). The van der Waals surface area contributed by atoms with Gasteiger partial charge in [0.2, 0.25) is 15.0 Å². The van der Waals surface area contributed by atoms with Crippen molar-refractivity contribution in [1.82, 2.24) is 18.7 Å². The Balaban J connectivity index is 2.88. The molecule has 0 saturated carbocycles. The molecular weight excluding hydrogens is 329 g/mol. The molecular formula is C10H11F3N4O4S. The topological polar surface area (TPSA) is 96.0 Å². The highest BCUT2D eigenvalue weighted by atomic mass is 32.2. The fourth-order valence-electron chi connectivity index (χ4n) is 2.06. The molecule has 0 aliphatic carbocycles. The monoisotopic (exact) mass is 340 g/mol. The Bertz CT molecular complexity index is 981. The number of alkyl halides is 3. The standard InChI is InChI=1S/C10H11F3N4O4S/c1-15-5-6(16(2)9(19)17(3)7(5)18)14-8(15)22(20,21)4-10(11,12)13/h4H2,1-3H3. The molecule has 12 heteroatoms. The van der Waals surface area contributed by atoms with Crippen LogP contribution in [-0.4, -0.2) is 39.0 Å². The normalized spacial score (nSPS) is 13.0. The van der Waals surface area contributed by atoms with Crippen LogP contribution >= 0.6 is 0 Å². The molecule has 0 radical (unpaired) electrons. The second kappa shape index (κ2) is 4.69. The zero-order valence-corrected chi connectivity index (χ0v) is 12.5. The first-order valence-corrected chi connectivity index (χ1v) is 7.44. The fraction of sp³-hybridized carbons (Fsp3) is 0.500. The first kappa shape index (κ1) is 16.3. The van der Waals surface area contributed by atoms with Crippen LogP contribution in [0.5, 0.6) is 0 Å². The van der Waals surface area contributed by atoms with Gasteiger partial charge in [0.1, 0.15) is 0 Å². The van der Waals surface area contributed by atoms with Crippen LogP contribution in [0.4, 0.5) is 13.2 Å². The molecule has 0 aliphatic heterocycles. The summed E-state index contributed by atoms with van der Waals surface area (Å²) < 4.78 is 63.1. The van der Waals surface area contributed by atoms with E-state index in [1.807, 2.05) is 0 Å². The summed E-state index contributed by atoms with van der Waals surface area (Å²) >= 11 is 0. The summed E-state index contributed by atoms with van der Waals surface area (Å²) in [7, 11) is -1.30. The van der Waals surface area contributed by atoms with Crippen molar-refractivity contribution in [1.29, 1.82) is 0 Å². The van der Waals surface area contributed by atoms with E-state index in [-0.39, 0.29) is 11.2 Å². The lowest BCUT2D eigenvalue weighted by Crippen LogP contribution is -2.37. The lowest BCUT2D eigenvalue weighted by atomic mass is 10.5. The average Bonchev–Trinajstić information content (AvgIpc) is 2.69. The van der Waals surface area contributed by atoms with Crippen molar-refractivity contribution in [2.24, 2.45) is 21.1 Å². The molecule has 0 spiro atoms. The molecule has 0 aromatic carbocycles. The summed E-state index contributed by atoms with van der Waals surface area (Å²) in [5, 5.41) is -0.918. The van der Waals surface area contributed by atoms with Crippen LogP contribution in [-0.2, 0) is 31.0 Å². The Morgan fingerprint density at radius 1 is 1.05 bits per heavy atom. The van der Waals surface area contributed by atoms with Gasteiger partial charge < -0.3 is 4.57 Å². The van der Waals surface area contributed by atoms with Gasteiger partial charge in [0.25, 0.3) is 5.56 Å². The number of nitrogens with zero attached hydrogens (tertiary/aromatic N) is 4. The van der Waals surface area contributed by atoms with Gasteiger partial charge in [-0.2, -0.15) is 18.2 Å². The smallest absolute Gasteiger partial charge is 0.312 e. The Morgan fingerprint density at radius 2 is 1.59 bits per heavy atom. The predicted molar refractivity (Wildman–Crippen MR) is 69.3 cm³/mol. The molecule has 0 unspecified atom stereocenters. The van der Waals surface area contributed by atoms with Crippen LogP contribution in [0.1, 0.15) is 0 Å². The highest BCUT2D eigenvalue weighted by Gasteiger charge is 2.38. The Hall–Kier alpha value is -2.11. The molecule has 2 aromatic heterocycles. The van der Waals surface area contributed by atoms with E-state index < -0.39 is 38.2 Å². The van der Waals surface area contributed by atoms with E-state index in [1.54, 1.807) is 0 Å². The average molecular weight is 340 g/mol. The molecule has 2 aromatic rings. The maximum Gasteiger partial charge on any atom is 0.403 e. The third-order valence-corrected chi connectivity index (χ3v) is 4.70. The third-order valence-electron chi connectivity index (χ3n) is 3.07. The number of halogens is 3. The number of aromatic nitrogens is 4. The number of rotatable bonds is 2. The Morgan fingerprint density at radius 3 is 2.09 bits per heavy atom. The summed E-state index contributed by atoms with van der Waals surface area (Å²) in [5.41, 5.74) is -2.18. The maximum atomic E-state index is 12.4. The zero-order valence-electron chi connectivity index (χ0n) is 11.7. The van der Waals surface area contributed by atoms with E-state index >= 15 is 0 Å². The second-order valence-electron chi connectivity index (χ2n) is 4.71. The minimum atomic E-state index is -4.95. The van der Waals surface area contributed by atoms with E-state index in [0.29, 0.717) is 4.57 Å². The van der Waals surface area contributed by atoms with Gasteiger partial charge in [-0.25, -0.2) is 13.2 Å². The summed E-state index contributed by atoms with van der Waals surface area (Å²) in [6.45, 7) is 0. The molecule has 0 saturated heterocycles. The van der Waals surface area contributed by atoms with Crippen molar-refractivity contribution in [3.8, 4) is 0 Å². The summed E-state index contributed by atoms with van der Waals surface area (Å²) in [5.74, 6) is -2.11. The lowest BCUT2D eigenvalue weighted by molar-refractivity contribution is -0.106.